The summed E-state index contributed by atoms with van der Waals surface area (Å²) in [6, 6.07) is 1.74. The van der Waals surface area contributed by atoms with Gasteiger partial charge in [0.05, 0.1) is 10.7 Å². The Hall–Kier alpha value is -0.810. The third kappa shape index (κ3) is 2.30. The second kappa shape index (κ2) is 5.01. The molecule has 1 atom stereocenters. The van der Waals surface area contributed by atoms with Crippen molar-refractivity contribution < 1.29 is 9.21 Å². The monoisotopic (exact) mass is 286 g/mol. The highest BCUT2D eigenvalue weighted by atomic mass is 79.9. The number of amides is 1. The first kappa shape index (κ1) is 11.7. The smallest absolute Gasteiger partial charge is 0.290 e. The van der Waals surface area contributed by atoms with Crippen molar-refractivity contribution in [2.75, 3.05) is 26.7 Å². The molecule has 0 spiro atoms. The summed E-state index contributed by atoms with van der Waals surface area (Å²) in [5, 5.41) is 3.14. The van der Waals surface area contributed by atoms with E-state index >= 15 is 0 Å². The van der Waals surface area contributed by atoms with Gasteiger partial charge < -0.3 is 14.6 Å². The lowest BCUT2D eigenvalue weighted by Crippen LogP contribution is -2.30. The van der Waals surface area contributed by atoms with Crippen LogP contribution in [0.15, 0.2) is 21.2 Å². The van der Waals surface area contributed by atoms with Gasteiger partial charge in [-0.1, -0.05) is 0 Å². The Kier molecular flexibility index (Phi) is 3.66. The molecule has 1 amide bonds. The van der Waals surface area contributed by atoms with Crippen LogP contribution in [0, 0.1) is 5.92 Å². The van der Waals surface area contributed by atoms with Crippen LogP contribution in [-0.4, -0.2) is 37.5 Å². The number of carbonyl (C=O) groups excluding carboxylic acids is 1. The molecule has 1 aliphatic rings. The standard InChI is InChI=1S/C11H15BrN2O2/c1-13-6-8-2-4-14(7-8)11(15)10-9(12)3-5-16-10/h3,5,8,13H,2,4,6-7H2,1H3. The molecule has 1 unspecified atom stereocenters. The van der Waals surface area contributed by atoms with Crippen LogP contribution < -0.4 is 5.32 Å². The van der Waals surface area contributed by atoms with Crippen molar-refractivity contribution in [2.24, 2.45) is 5.92 Å². The third-order valence-electron chi connectivity index (χ3n) is 2.88. The molecule has 0 aromatic carbocycles. The molecule has 16 heavy (non-hydrogen) atoms. The molecule has 2 heterocycles. The number of hydrogen-bond acceptors (Lipinski definition) is 3. The van der Waals surface area contributed by atoms with Gasteiger partial charge >= 0.3 is 0 Å². The van der Waals surface area contributed by atoms with Gasteiger partial charge in [0.15, 0.2) is 0 Å². The number of carbonyl (C=O) groups is 1. The van der Waals surface area contributed by atoms with Crippen LogP contribution in [0.2, 0.25) is 0 Å². The van der Waals surface area contributed by atoms with E-state index in [1.165, 1.54) is 6.26 Å². The maximum atomic E-state index is 12.1. The van der Waals surface area contributed by atoms with Crippen molar-refractivity contribution in [2.45, 2.75) is 6.42 Å². The first-order valence-electron chi connectivity index (χ1n) is 5.39. The van der Waals surface area contributed by atoms with Crippen LogP contribution >= 0.6 is 15.9 Å². The van der Waals surface area contributed by atoms with Crippen molar-refractivity contribution in [3.63, 3.8) is 0 Å². The Balaban J connectivity index is 2.00. The zero-order chi connectivity index (χ0) is 11.5. The first-order valence-corrected chi connectivity index (χ1v) is 6.18. The van der Waals surface area contributed by atoms with Gasteiger partial charge in [-0.15, -0.1) is 0 Å². The third-order valence-corrected chi connectivity index (χ3v) is 3.50. The van der Waals surface area contributed by atoms with Crippen LogP contribution in [0.4, 0.5) is 0 Å². The lowest BCUT2D eigenvalue weighted by Gasteiger charge is -2.15. The van der Waals surface area contributed by atoms with E-state index in [2.05, 4.69) is 21.2 Å². The molecule has 1 aromatic heterocycles. The summed E-state index contributed by atoms with van der Waals surface area (Å²) in [6.07, 6.45) is 2.59. The fraction of sp³-hybridized carbons (Fsp3) is 0.545. The number of likely N-dealkylation sites (tertiary alicyclic amines) is 1. The number of halogens is 1. The lowest BCUT2D eigenvalue weighted by atomic mass is 10.1. The minimum atomic E-state index is -0.0181. The summed E-state index contributed by atoms with van der Waals surface area (Å²) < 4.78 is 5.91. The van der Waals surface area contributed by atoms with Gasteiger partial charge in [0, 0.05) is 13.1 Å². The molecular weight excluding hydrogens is 272 g/mol. The van der Waals surface area contributed by atoms with Crippen molar-refractivity contribution in [1.82, 2.24) is 10.2 Å². The summed E-state index contributed by atoms with van der Waals surface area (Å²) in [5.74, 6) is 0.947. The maximum Gasteiger partial charge on any atom is 0.290 e. The minimum Gasteiger partial charge on any atom is -0.458 e. The SMILES string of the molecule is CNCC1CCN(C(=O)c2occc2Br)C1. The van der Waals surface area contributed by atoms with E-state index in [0.717, 1.165) is 30.5 Å². The Bertz CT molecular complexity index is 378. The normalized spacial score (nSPS) is 20.4. The molecule has 2 rings (SSSR count). The summed E-state index contributed by atoms with van der Waals surface area (Å²) in [5.41, 5.74) is 0. The molecule has 1 saturated heterocycles. The van der Waals surface area contributed by atoms with Gasteiger partial charge in [0.2, 0.25) is 5.76 Å². The molecule has 1 aliphatic heterocycles. The fourth-order valence-corrected chi connectivity index (χ4v) is 2.43. The number of rotatable bonds is 3. The molecule has 0 aliphatic carbocycles. The fourth-order valence-electron chi connectivity index (χ4n) is 2.06. The molecule has 1 aromatic rings. The predicted molar refractivity (Wildman–Crippen MR) is 64.3 cm³/mol. The average molecular weight is 287 g/mol. The van der Waals surface area contributed by atoms with Gasteiger partial charge in [-0.05, 0) is 47.9 Å². The highest BCUT2D eigenvalue weighted by Gasteiger charge is 2.28. The van der Waals surface area contributed by atoms with Crippen LogP contribution in [-0.2, 0) is 0 Å². The highest BCUT2D eigenvalue weighted by molar-refractivity contribution is 9.10. The van der Waals surface area contributed by atoms with Gasteiger partial charge in [-0.2, -0.15) is 0 Å². The molecule has 0 bridgehead atoms. The van der Waals surface area contributed by atoms with Gasteiger partial charge in [0.25, 0.3) is 5.91 Å². The molecule has 1 N–H and O–H groups in total. The Labute approximate surface area is 103 Å². The largest absolute Gasteiger partial charge is 0.458 e. The average Bonchev–Trinajstić information content (AvgIpc) is 2.87. The summed E-state index contributed by atoms with van der Waals surface area (Å²) in [6.45, 7) is 2.59. The van der Waals surface area contributed by atoms with Crippen molar-refractivity contribution in [3.8, 4) is 0 Å². The second-order valence-electron chi connectivity index (χ2n) is 4.06. The van der Waals surface area contributed by atoms with E-state index < -0.39 is 0 Å². The topological polar surface area (TPSA) is 45.5 Å². The predicted octanol–water partition coefficient (Wildman–Crippen LogP) is 1.72. The zero-order valence-corrected chi connectivity index (χ0v) is 10.8. The number of nitrogens with one attached hydrogen (secondary N) is 1. The Morgan fingerprint density at radius 2 is 2.56 bits per heavy atom. The molecule has 0 saturated carbocycles. The maximum absolute atomic E-state index is 12.1. The van der Waals surface area contributed by atoms with E-state index in [9.17, 15) is 4.79 Å². The first-order chi connectivity index (χ1) is 7.72. The summed E-state index contributed by atoms with van der Waals surface area (Å²) in [4.78, 5) is 13.9. The molecular formula is C11H15BrN2O2. The second-order valence-corrected chi connectivity index (χ2v) is 4.92. The number of furan rings is 1. The van der Waals surface area contributed by atoms with Crippen LogP contribution in [0.1, 0.15) is 17.0 Å². The summed E-state index contributed by atoms with van der Waals surface area (Å²) >= 11 is 3.31. The van der Waals surface area contributed by atoms with E-state index in [0.29, 0.717) is 11.7 Å². The van der Waals surface area contributed by atoms with Gasteiger partial charge in [0.1, 0.15) is 0 Å². The Morgan fingerprint density at radius 1 is 1.75 bits per heavy atom. The van der Waals surface area contributed by atoms with Gasteiger partial charge in [-0.3, -0.25) is 4.79 Å². The minimum absolute atomic E-state index is 0.0181. The quantitative estimate of drug-likeness (QED) is 0.920. The molecule has 4 nitrogen and oxygen atoms in total. The van der Waals surface area contributed by atoms with E-state index in [1.807, 2.05) is 11.9 Å². The van der Waals surface area contributed by atoms with E-state index in [-0.39, 0.29) is 5.91 Å². The molecule has 5 heteroatoms. The van der Waals surface area contributed by atoms with E-state index in [4.69, 9.17) is 4.42 Å². The van der Waals surface area contributed by atoms with Gasteiger partial charge in [-0.25, -0.2) is 0 Å². The van der Waals surface area contributed by atoms with Crippen molar-refractivity contribution in [3.05, 3.63) is 22.6 Å². The Morgan fingerprint density at radius 3 is 3.19 bits per heavy atom. The van der Waals surface area contributed by atoms with Crippen LogP contribution in [0.5, 0.6) is 0 Å². The lowest BCUT2D eigenvalue weighted by molar-refractivity contribution is 0.0754. The zero-order valence-electron chi connectivity index (χ0n) is 9.20. The van der Waals surface area contributed by atoms with Crippen molar-refractivity contribution >= 4 is 21.8 Å². The van der Waals surface area contributed by atoms with Crippen molar-refractivity contribution in [1.29, 1.82) is 0 Å². The molecule has 88 valence electrons. The molecule has 0 radical (unpaired) electrons. The summed E-state index contributed by atoms with van der Waals surface area (Å²) in [7, 11) is 1.94. The number of nitrogens with zero attached hydrogens (tertiary/aromatic N) is 1. The van der Waals surface area contributed by atoms with E-state index in [1.54, 1.807) is 6.07 Å². The number of hydrogen-bond donors (Lipinski definition) is 1. The molecule has 1 fully saturated rings. The van der Waals surface area contributed by atoms with Crippen LogP contribution in [0.25, 0.3) is 0 Å². The van der Waals surface area contributed by atoms with Crippen LogP contribution in [0.3, 0.4) is 0 Å². The highest BCUT2D eigenvalue weighted by Crippen LogP contribution is 2.23.